The van der Waals surface area contributed by atoms with Crippen molar-refractivity contribution in [1.82, 2.24) is 9.80 Å². The van der Waals surface area contributed by atoms with Crippen molar-refractivity contribution < 1.29 is 14.0 Å². The molecule has 2 amide bonds. The fourth-order valence-corrected chi connectivity index (χ4v) is 4.08. The van der Waals surface area contributed by atoms with Crippen LogP contribution < -0.4 is 0 Å². The third-order valence-corrected chi connectivity index (χ3v) is 5.49. The van der Waals surface area contributed by atoms with Gasteiger partial charge in [-0.25, -0.2) is 4.39 Å². The van der Waals surface area contributed by atoms with Gasteiger partial charge in [0.1, 0.15) is 5.82 Å². The molecule has 3 atom stereocenters. The summed E-state index contributed by atoms with van der Waals surface area (Å²) in [6.45, 7) is 2.84. The van der Waals surface area contributed by atoms with Gasteiger partial charge in [0.25, 0.3) is 0 Å². The number of likely N-dealkylation sites (tertiary alicyclic amines) is 2. The molecule has 0 saturated carbocycles. The van der Waals surface area contributed by atoms with Crippen LogP contribution in [0.3, 0.4) is 0 Å². The Labute approximate surface area is 142 Å². The van der Waals surface area contributed by atoms with E-state index in [1.54, 1.807) is 30.1 Å². The molecule has 1 aromatic carbocycles. The van der Waals surface area contributed by atoms with Crippen molar-refractivity contribution >= 4 is 11.8 Å². The second-order valence-corrected chi connectivity index (χ2v) is 6.99. The molecule has 5 heteroatoms. The van der Waals surface area contributed by atoms with Crippen molar-refractivity contribution in [2.45, 2.75) is 51.1 Å². The summed E-state index contributed by atoms with van der Waals surface area (Å²) < 4.78 is 14.4. The van der Waals surface area contributed by atoms with E-state index < -0.39 is 6.04 Å². The van der Waals surface area contributed by atoms with Gasteiger partial charge in [-0.05, 0) is 38.7 Å². The number of benzene rings is 1. The predicted octanol–water partition coefficient (Wildman–Crippen LogP) is 3.14. The predicted molar refractivity (Wildman–Crippen MR) is 89.7 cm³/mol. The highest BCUT2D eigenvalue weighted by molar-refractivity contribution is 5.85. The van der Waals surface area contributed by atoms with Crippen molar-refractivity contribution in [2.75, 3.05) is 13.6 Å². The minimum absolute atomic E-state index is 0.0287. The molecule has 24 heavy (non-hydrogen) atoms. The summed E-state index contributed by atoms with van der Waals surface area (Å²) in [5.41, 5.74) is 0.441. The maximum Gasteiger partial charge on any atom is 0.228 e. The molecule has 2 saturated heterocycles. The Morgan fingerprint density at radius 3 is 2.67 bits per heavy atom. The average Bonchev–Trinajstić information content (AvgIpc) is 2.58. The molecule has 1 aromatic rings. The van der Waals surface area contributed by atoms with E-state index in [0.717, 1.165) is 25.8 Å². The molecular formula is C19H25FN2O2. The first-order valence-corrected chi connectivity index (χ1v) is 8.81. The minimum atomic E-state index is -0.519. The Morgan fingerprint density at radius 1 is 1.21 bits per heavy atom. The van der Waals surface area contributed by atoms with Crippen molar-refractivity contribution in [3.63, 3.8) is 0 Å². The van der Waals surface area contributed by atoms with Crippen LogP contribution in [0.1, 0.15) is 50.6 Å². The quantitative estimate of drug-likeness (QED) is 0.835. The number of hydrogen-bond acceptors (Lipinski definition) is 2. The van der Waals surface area contributed by atoms with Crippen molar-refractivity contribution in [2.24, 2.45) is 5.92 Å². The highest BCUT2D eigenvalue weighted by Crippen LogP contribution is 2.38. The Morgan fingerprint density at radius 2 is 1.96 bits per heavy atom. The lowest BCUT2D eigenvalue weighted by atomic mass is 9.82. The van der Waals surface area contributed by atoms with Gasteiger partial charge in [-0.2, -0.15) is 0 Å². The second kappa shape index (κ2) is 6.91. The van der Waals surface area contributed by atoms with Gasteiger partial charge in [0.2, 0.25) is 11.8 Å². The lowest BCUT2D eigenvalue weighted by molar-refractivity contribution is -0.148. The highest BCUT2D eigenvalue weighted by atomic mass is 19.1. The summed E-state index contributed by atoms with van der Waals surface area (Å²) in [7, 11) is 1.68. The number of hydrogen-bond donors (Lipinski definition) is 0. The minimum Gasteiger partial charge on any atom is -0.340 e. The third kappa shape index (κ3) is 3.04. The first kappa shape index (κ1) is 16.9. The number of halogens is 1. The Hall–Kier alpha value is -1.91. The zero-order valence-corrected chi connectivity index (χ0v) is 14.4. The van der Waals surface area contributed by atoms with Crippen molar-refractivity contribution in [1.29, 1.82) is 0 Å². The number of rotatable bonds is 2. The number of carbonyl (C=O) groups is 2. The molecule has 4 nitrogen and oxygen atoms in total. The van der Waals surface area contributed by atoms with E-state index in [9.17, 15) is 14.0 Å². The molecule has 130 valence electrons. The smallest absolute Gasteiger partial charge is 0.228 e. The van der Waals surface area contributed by atoms with Crippen LogP contribution in [0, 0.1) is 11.7 Å². The molecule has 0 bridgehead atoms. The maximum atomic E-state index is 14.4. The fraction of sp³-hybridized carbons (Fsp3) is 0.579. The Kier molecular flexibility index (Phi) is 4.88. The van der Waals surface area contributed by atoms with Crippen LogP contribution in [-0.2, 0) is 9.59 Å². The van der Waals surface area contributed by atoms with Gasteiger partial charge in [-0.3, -0.25) is 9.59 Å². The van der Waals surface area contributed by atoms with E-state index in [1.807, 2.05) is 4.90 Å². The summed E-state index contributed by atoms with van der Waals surface area (Å²) in [5, 5.41) is 0. The zero-order valence-electron chi connectivity index (χ0n) is 14.4. The Balaban J connectivity index is 1.93. The molecule has 0 aromatic heterocycles. The first-order chi connectivity index (χ1) is 11.5. The number of nitrogens with zero attached hydrogens (tertiary/aromatic N) is 2. The van der Waals surface area contributed by atoms with Crippen molar-refractivity contribution in [3.05, 3.63) is 35.6 Å². The van der Waals surface area contributed by atoms with Gasteiger partial charge in [0.05, 0.1) is 12.0 Å². The second-order valence-electron chi connectivity index (χ2n) is 6.99. The molecule has 2 heterocycles. The molecule has 3 rings (SSSR count). The van der Waals surface area contributed by atoms with E-state index in [0.29, 0.717) is 18.4 Å². The largest absolute Gasteiger partial charge is 0.340 e. The first-order valence-electron chi connectivity index (χ1n) is 8.81. The lowest BCUT2D eigenvalue weighted by Crippen LogP contribution is -2.51. The zero-order chi connectivity index (χ0) is 17.3. The average molecular weight is 332 g/mol. The lowest BCUT2D eigenvalue weighted by Gasteiger charge is -2.43. The molecule has 0 N–H and O–H groups in total. The SMILES string of the molecule is C[C@@H]1CCCCN1C(=O)[C@H]1CCC(=O)N(C)[C@@H]1c1ccccc1F. The number of amides is 2. The topological polar surface area (TPSA) is 40.6 Å². The van der Waals surface area contributed by atoms with Crippen LogP contribution in [0.2, 0.25) is 0 Å². The van der Waals surface area contributed by atoms with Crippen LogP contribution in [0.25, 0.3) is 0 Å². The Bertz CT molecular complexity index is 634. The van der Waals surface area contributed by atoms with Gasteiger partial charge in [0, 0.05) is 31.6 Å². The molecule has 0 spiro atoms. The maximum absolute atomic E-state index is 14.4. The van der Waals surface area contributed by atoms with Crippen LogP contribution in [0.4, 0.5) is 4.39 Å². The summed E-state index contributed by atoms with van der Waals surface area (Å²) in [6, 6.07) is 6.18. The summed E-state index contributed by atoms with van der Waals surface area (Å²) in [6.07, 6.45) is 4.01. The van der Waals surface area contributed by atoms with Gasteiger partial charge in [0.15, 0.2) is 0 Å². The van der Waals surface area contributed by atoms with Gasteiger partial charge < -0.3 is 9.80 Å². The van der Waals surface area contributed by atoms with E-state index in [-0.39, 0.29) is 29.6 Å². The third-order valence-electron chi connectivity index (χ3n) is 5.49. The molecule has 2 fully saturated rings. The molecule has 2 aliphatic rings. The molecule has 0 aliphatic carbocycles. The molecular weight excluding hydrogens is 307 g/mol. The summed E-state index contributed by atoms with van der Waals surface area (Å²) >= 11 is 0. The summed E-state index contributed by atoms with van der Waals surface area (Å²) in [5.74, 6) is -0.688. The van der Waals surface area contributed by atoms with Crippen LogP contribution in [0.15, 0.2) is 24.3 Å². The van der Waals surface area contributed by atoms with Crippen LogP contribution >= 0.6 is 0 Å². The van der Waals surface area contributed by atoms with E-state index in [1.165, 1.54) is 6.07 Å². The van der Waals surface area contributed by atoms with Crippen molar-refractivity contribution in [3.8, 4) is 0 Å². The van der Waals surface area contributed by atoms with Crippen LogP contribution in [0.5, 0.6) is 0 Å². The van der Waals surface area contributed by atoms with Crippen LogP contribution in [-0.4, -0.2) is 41.2 Å². The van der Waals surface area contributed by atoms with Gasteiger partial charge in [-0.1, -0.05) is 18.2 Å². The number of carbonyl (C=O) groups excluding carboxylic acids is 2. The fourth-order valence-electron chi connectivity index (χ4n) is 4.08. The normalized spacial score (nSPS) is 28.1. The molecule has 0 radical (unpaired) electrons. The molecule has 0 unspecified atom stereocenters. The monoisotopic (exact) mass is 332 g/mol. The summed E-state index contributed by atoms with van der Waals surface area (Å²) in [4.78, 5) is 28.8. The highest BCUT2D eigenvalue weighted by Gasteiger charge is 2.42. The van der Waals surface area contributed by atoms with Gasteiger partial charge >= 0.3 is 0 Å². The number of piperidine rings is 2. The van der Waals surface area contributed by atoms with Gasteiger partial charge in [-0.15, -0.1) is 0 Å². The standard InChI is InChI=1S/C19H25FN2O2/c1-13-7-5-6-12-22(13)19(24)15-10-11-17(23)21(2)18(15)14-8-3-4-9-16(14)20/h3-4,8-9,13,15,18H,5-7,10-12H2,1-2H3/t13-,15+,18-/m1/s1. The molecule has 2 aliphatic heterocycles. The van der Waals surface area contributed by atoms with E-state index >= 15 is 0 Å². The van der Waals surface area contributed by atoms with E-state index in [2.05, 4.69) is 6.92 Å². The van der Waals surface area contributed by atoms with E-state index in [4.69, 9.17) is 0 Å².